The molecule has 0 amide bonds. The Labute approximate surface area is 116 Å². The molecule has 0 aliphatic heterocycles. The lowest BCUT2D eigenvalue weighted by atomic mass is 10.2. The van der Waals surface area contributed by atoms with Crippen molar-refractivity contribution < 1.29 is 0 Å². The highest BCUT2D eigenvalue weighted by Gasteiger charge is 2.12. The van der Waals surface area contributed by atoms with Crippen molar-refractivity contribution in [2.45, 2.75) is 46.7 Å². The second-order valence-electron chi connectivity index (χ2n) is 5.17. The van der Waals surface area contributed by atoms with E-state index in [9.17, 15) is 0 Å². The highest BCUT2D eigenvalue weighted by molar-refractivity contribution is 5.41. The second-order valence-corrected chi connectivity index (χ2v) is 5.17. The zero-order valence-electron chi connectivity index (χ0n) is 12.8. The van der Waals surface area contributed by atoms with E-state index in [1.54, 1.807) is 12.4 Å². The van der Waals surface area contributed by atoms with Crippen LogP contribution in [0.1, 0.15) is 34.6 Å². The first-order valence-corrected chi connectivity index (χ1v) is 7.10. The predicted octanol–water partition coefficient (Wildman–Crippen LogP) is 2.44. The number of nitrogens with zero attached hydrogens (tertiary/aromatic N) is 3. The van der Waals surface area contributed by atoms with Crippen molar-refractivity contribution in [3.63, 3.8) is 0 Å². The van der Waals surface area contributed by atoms with Gasteiger partial charge in [0, 0.05) is 31.7 Å². The van der Waals surface area contributed by atoms with E-state index in [2.05, 4.69) is 53.2 Å². The maximum absolute atomic E-state index is 4.45. The van der Waals surface area contributed by atoms with Crippen LogP contribution in [-0.4, -0.2) is 46.6 Å². The smallest absolute Gasteiger partial charge is 0.147 e. The van der Waals surface area contributed by atoms with E-state index >= 15 is 0 Å². The third-order valence-electron chi connectivity index (χ3n) is 3.00. The standard InChI is InChI=1S/C14H27N5/c1-6-16-13-9-15-10-14(18-13)17-7-8-19(11(2)3)12(4)5/h9-12H,6-8H2,1-5H3,(H2,16,17,18). The molecule has 2 N–H and O–H groups in total. The number of hydrogen-bond donors (Lipinski definition) is 2. The number of aromatic nitrogens is 2. The molecule has 1 rings (SSSR count). The van der Waals surface area contributed by atoms with E-state index in [-0.39, 0.29) is 0 Å². The van der Waals surface area contributed by atoms with E-state index < -0.39 is 0 Å². The summed E-state index contributed by atoms with van der Waals surface area (Å²) in [4.78, 5) is 11.1. The molecule has 108 valence electrons. The molecule has 5 nitrogen and oxygen atoms in total. The fourth-order valence-electron chi connectivity index (χ4n) is 2.14. The molecule has 0 aromatic carbocycles. The van der Waals surface area contributed by atoms with Gasteiger partial charge in [0.15, 0.2) is 0 Å². The maximum Gasteiger partial charge on any atom is 0.147 e. The molecule has 19 heavy (non-hydrogen) atoms. The minimum absolute atomic E-state index is 0.556. The number of rotatable bonds is 8. The summed E-state index contributed by atoms with van der Waals surface area (Å²) in [5.74, 6) is 1.64. The Kier molecular flexibility index (Phi) is 6.56. The van der Waals surface area contributed by atoms with Crippen molar-refractivity contribution in [3.05, 3.63) is 12.4 Å². The van der Waals surface area contributed by atoms with Crippen LogP contribution >= 0.6 is 0 Å². The Hall–Kier alpha value is -1.36. The van der Waals surface area contributed by atoms with Crippen LogP contribution in [0.2, 0.25) is 0 Å². The van der Waals surface area contributed by atoms with Gasteiger partial charge in [-0.3, -0.25) is 9.88 Å². The third-order valence-corrected chi connectivity index (χ3v) is 3.00. The molecule has 1 heterocycles. The summed E-state index contributed by atoms with van der Waals surface area (Å²) >= 11 is 0. The van der Waals surface area contributed by atoms with Gasteiger partial charge in [-0.25, -0.2) is 4.98 Å². The first-order chi connectivity index (χ1) is 9.04. The molecule has 0 fully saturated rings. The molecule has 0 atom stereocenters. The molecule has 0 aliphatic rings. The highest BCUT2D eigenvalue weighted by atomic mass is 15.2. The van der Waals surface area contributed by atoms with Crippen molar-refractivity contribution >= 4 is 11.6 Å². The lowest BCUT2D eigenvalue weighted by molar-refractivity contribution is 0.182. The van der Waals surface area contributed by atoms with Crippen LogP contribution in [0.25, 0.3) is 0 Å². The normalized spacial score (nSPS) is 11.4. The summed E-state index contributed by atoms with van der Waals surface area (Å²) < 4.78 is 0. The summed E-state index contributed by atoms with van der Waals surface area (Å²) in [6.07, 6.45) is 3.50. The Balaban J connectivity index is 2.45. The third kappa shape index (κ3) is 5.42. The quantitative estimate of drug-likeness (QED) is 0.756. The zero-order valence-corrected chi connectivity index (χ0v) is 12.8. The van der Waals surface area contributed by atoms with Gasteiger partial charge in [-0.05, 0) is 34.6 Å². The van der Waals surface area contributed by atoms with Gasteiger partial charge in [0.1, 0.15) is 11.6 Å². The van der Waals surface area contributed by atoms with Gasteiger partial charge in [-0.1, -0.05) is 0 Å². The summed E-state index contributed by atoms with van der Waals surface area (Å²) in [6.45, 7) is 13.7. The first kappa shape index (κ1) is 15.7. The Bertz CT molecular complexity index is 357. The van der Waals surface area contributed by atoms with Crippen molar-refractivity contribution in [3.8, 4) is 0 Å². The molecule has 0 bridgehead atoms. The first-order valence-electron chi connectivity index (χ1n) is 7.10. The molecule has 5 heteroatoms. The Morgan fingerprint density at radius 1 is 1.05 bits per heavy atom. The van der Waals surface area contributed by atoms with Gasteiger partial charge in [-0.2, -0.15) is 0 Å². The van der Waals surface area contributed by atoms with Crippen molar-refractivity contribution in [1.29, 1.82) is 0 Å². The molecule has 0 radical (unpaired) electrons. The lowest BCUT2D eigenvalue weighted by Crippen LogP contribution is -2.40. The zero-order chi connectivity index (χ0) is 14.3. The van der Waals surface area contributed by atoms with Crippen LogP contribution in [-0.2, 0) is 0 Å². The predicted molar refractivity (Wildman–Crippen MR) is 81.7 cm³/mol. The van der Waals surface area contributed by atoms with Crippen LogP contribution in [0.5, 0.6) is 0 Å². The van der Waals surface area contributed by atoms with E-state index in [0.29, 0.717) is 12.1 Å². The molecule has 0 saturated heterocycles. The van der Waals surface area contributed by atoms with Crippen LogP contribution < -0.4 is 10.6 Å². The molecule has 1 aromatic heterocycles. The topological polar surface area (TPSA) is 53.1 Å². The fraction of sp³-hybridized carbons (Fsp3) is 0.714. The minimum Gasteiger partial charge on any atom is -0.369 e. The van der Waals surface area contributed by atoms with E-state index in [4.69, 9.17) is 0 Å². The lowest BCUT2D eigenvalue weighted by Gasteiger charge is -2.30. The number of anilines is 2. The minimum atomic E-state index is 0.556. The Morgan fingerprint density at radius 3 is 2.16 bits per heavy atom. The fourth-order valence-corrected chi connectivity index (χ4v) is 2.14. The van der Waals surface area contributed by atoms with Crippen molar-refractivity contribution in [2.24, 2.45) is 0 Å². The van der Waals surface area contributed by atoms with Crippen molar-refractivity contribution in [2.75, 3.05) is 30.3 Å². The van der Waals surface area contributed by atoms with Gasteiger partial charge >= 0.3 is 0 Å². The molecular weight excluding hydrogens is 238 g/mol. The molecule has 0 unspecified atom stereocenters. The summed E-state index contributed by atoms with van der Waals surface area (Å²) in [6, 6.07) is 1.11. The van der Waals surface area contributed by atoms with Crippen LogP contribution in [0.3, 0.4) is 0 Å². The number of nitrogens with one attached hydrogen (secondary N) is 2. The Morgan fingerprint density at radius 2 is 1.63 bits per heavy atom. The van der Waals surface area contributed by atoms with E-state index in [1.807, 2.05) is 6.92 Å². The molecule has 0 aliphatic carbocycles. The molecule has 1 aromatic rings. The maximum atomic E-state index is 4.45. The average Bonchev–Trinajstić information content (AvgIpc) is 2.34. The van der Waals surface area contributed by atoms with Gasteiger partial charge in [0.2, 0.25) is 0 Å². The van der Waals surface area contributed by atoms with Gasteiger partial charge in [0.25, 0.3) is 0 Å². The van der Waals surface area contributed by atoms with Crippen molar-refractivity contribution in [1.82, 2.24) is 14.9 Å². The molecular formula is C14H27N5. The second kappa shape index (κ2) is 7.94. The summed E-state index contributed by atoms with van der Waals surface area (Å²) in [5, 5.41) is 6.49. The van der Waals surface area contributed by atoms with Gasteiger partial charge in [0.05, 0.1) is 12.4 Å². The molecule has 0 saturated carbocycles. The molecule has 0 spiro atoms. The SMILES string of the molecule is CCNc1cncc(NCCN(C(C)C)C(C)C)n1. The van der Waals surface area contributed by atoms with E-state index in [1.165, 1.54) is 0 Å². The largest absolute Gasteiger partial charge is 0.369 e. The number of hydrogen-bond acceptors (Lipinski definition) is 5. The summed E-state index contributed by atoms with van der Waals surface area (Å²) in [7, 11) is 0. The van der Waals surface area contributed by atoms with Crippen LogP contribution in [0.15, 0.2) is 12.4 Å². The van der Waals surface area contributed by atoms with Crippen LogP contribution in [0, 0.1) is 0 Å². The highest BCUT2D eigenvalue weighted by Crippen LogP contribution is 2.07. The van der Waals surface area contributed by atoms with Crippen LogP contribution in [0.4, 0.5) is 11.6 Å². The van der Waals surface area contributed by atoms with Gasteiger partial charge in [-0.15, -0.1) is 0 Å². The summed E-state index contributed by atoms with van der Waals surface area (Å²) in [5.41, 5.74) is 0. The van der Waals surface area contributed by atoms with Gasteiger partial charge < -0.3 is 10.6 Å². The van der Waals surface area contributed by atoms with E-state index in [0.717, 1.165) is 31.3 Å². The average molecular weight is 265 g/mol. The monoisotopic (exact) mass is 265 g/mol.